The van der Waals surface area contributed by atoms with Crippen molar-refractivity contribution in [1.82, 2.24) is 30.1 Å². The Hall–Kier alpha value is -3.69. The maximum absolute atomic E-state index is 13.3. The fourth-order valence-corrected chi connectivity index (χ4v) is 4.75. The van der Waals surface area contributed by atoms with Gasteiger partial charge in [-0.3, -0.25) is 9.69 Å². The third kappa shape index (κ3) is 4.95. The molecule has 0 radical (unpaired) electrons. The molecule has 0 aliphatic heterocycles. The number of aromatic amines is 1. The first-order valence-electron chi connectivity index (χ1n) is 10.9. The van der Waals surface area contributed by atoms with Crippen LogP contribution in [0.3, 0.4) is 0 Å². The van der Waals surface area contributed by atoms with Gasteiger partial charge in [-0.1, -0.05) is 36.4 Å². The summed E-state index contributed by atoms with van der Waals surface area (Å²) < 4.78 is 15.0. The molecule has 7 nitrogen and oxygen atoms in total. The number of hydrogen-bond acceptors (Lipinski definition) is 6. The fourth-order valence-electron chi connectivity index (χ4n) is 4.00. The Bertz CT molecular complexity index is 1460. The van der Waals surface area contributed by atoms with E-state index in [0.717, 1.165) is 22.0 Å². The highest BCUT2D eigenvalue weighted by molar-refractivity contribution is 7.09. The van der Waals surface area contributed by atoms with Crippen molar-refractivity contribution in [3.8, 4) is 0 Å². The molecule has 3 aromatic heterocycles. The van der Waals surface area contributed by atoms with Crippen LogP contribution in [0.1, 0.15) is 27.4 Å². The zero-order valence-electron chi connectivity index (χ0n) is 18.6. The van der Waals surface area contributed by atoms with E-state index in [9.17, 15) is 9.18 Å². The summed E-state index contributed by atoms with van der Waals surface area (Å²) >= 11 is 1.67. The maximum Gasteiger partial charge on any atom is 0.252 e. The second-order valence-corrected chi connectivity index (χ2v) is 9.30. The number of hydrogen-bond donors (Lipinski definition) is 1. The summed E-state index contributed by atoms with van der Waals surface area (Å²) in [6.07, 6.45) is 0. The standard InChI is InChI=1S/C25H23FN6OS/c1-17-4-2-5-19-12-20(25(33)27-24(17)19)14-31(15-22-6-3-11-34-22)16-23-28-29-30-32(23)13-18-7-9-21(26)10-8-18/h2-12H,13-16H2,1H3,(H,27,33). The van der Waals surface area contributed by atoms with Crippen LogP contribution in [-0.4, -0.2) is 30.1 Å². The molecular weight excluding hydrogens is 451 g/mol. The molecule has 5 aromatic rings. The van der Waals surface area contributed by atoms with E-state index in [1.54, 1.807) is 28.2 Å². The van der Waals surface area contributed by atoms with Crippen LogP contribution < -0.4 is 5.56 Å². The van der Waals surface area contributed by atoms with Crippen molar-refractivity contribution in [2.75, 3.05) is 0 Å². The molecule has 0 fully saturated rings. The van der Waals surface area contributed by atoms with E-state index in [2.05, 4.69) is 31.5 Å². The molecule has 0 atom stereocenters. The predicted octanol–water partition coefficient (Wildman–Crippen LogP) is 4.27. The molecular formula is C25H23FN6OS. The molecule has 0 amide bonds. The van der Waals surface area contributed by atoms with Gasteiger partial charge >= 0.3 is 0 Å². The van der Waals surface area contributed by atoms with E-state index < -0.39 is 0 Å². The lowest BCUT2D eigenvalue weighted by Crippen LogP contribution is -2.28. The second kappa shape index (κ2) is 9.66. The van der Waals surface area contributed by atoms with Gasteiger partial charge in [-0.15, -0.1) is 16.4 Å². The van der Waals surface area contributed by atoms with Crippen molar-refractivity contribution < 1.29 is 4.39 Å². The number of halogens is 1. The first-order valence-corrected chi connectivity index (χ1v) is 11.8. The number of aromatic nitrogens is 5. The smallest absolute Gasteiger partial charge is 0.252 e. The van der Waals surface area contributed by atoms with Gasteiger partial charge in [0.2, 0.25) is 0 Å². The number of benzene rings is 2. The second-order valence-electron chi connectivity index (χ2n) is 8.27. The molecule has 172 valence electrons. The zero-order chi connectivity index (χ0) is 23.5. The van der Waals surface area contributed by atoms with Gasteiger partial charge in [0.25, 0.3) is 5.56 Å². The molecule has 0 saturated carbocycles. The van der Waals surface area contributed by atoms with Crippen LogP contribution in [-0.2, 0) is 26.2 Å². The van der Waals surface area contributed by atoms with Gasteiger partial charge < -0.3 is 4.98 Å². The lowest BCUT2D eigenvalue weighted by Gasteiger charge is -2.21. The quantitative estimate of drug-likeness (QED) is 0.363. The van der Waals surface area contributed by atoms with Crippen LogP contribution in [0.25, 0.3) is 10.9 Å². The number of tetrazole rings is 1. The first-order chi connectivity index (χ1) is 16.5. The minimum atomic E-state index is -0.279. The van der Waals surface area contributed by atoms with Crippen LogP contribution in [0.4, 0.5) is 4.39 Å². The van der Waals surface area contributed by atoms with Crippen LogP contribution in [0.5, 0.6) is 0 Å². The molecule has 0 aliphatic rings. The van der Waals surface area contributed by atoms with Crippen LogP contribution in [0.15, 0.2) is 70.8 Å². The number of fused-ring (bicyclic) bond motifs is 1. The molecule has 0 bridgehead atoms. The van der Waals surface area contributed by atoms with Crippen molar-refractivity contribution in [1.29, 1.82) is 0 Å². The molecule has 0 unspecified atom stereocenters. The Labute approximate surface area is 199 Å². The molecule has 0 saturated heterocycles. The average Bonchev–Trinajstić information content (AvgIpc) is 3.49. The van der Waals surface area contributed by atoms with Crippen molar-refractivity contribution >= 4 is 22.2 Å². The van der Waals surface area contributed by atoms with Crippen molar-refractivity contribution in [3.63, 3.8) is 0 Å². The van der Waals surface area contributed by atoms with E-state index in [1.165, 1.54) is 17.0 Å². The van der Waals surface area contributed by atoms with Crippen LogP contribution in [0.2, 0.25) is 0 Å². The zero-order valence-corrected chi connectivity index (χ0v) is 19.4. The van der Waals surface area contributed by atoms with Gasteiger partial charge in [-0.25, -0.2) is 9.07 Å². The Morgan fingerprint density at radius 3 is 2.71 bits per heavy atom. The van der Waals surface area contributed by atoms with E-state index in [0.29, 0.717) is 37.6 Å². The number of nitrogens with zero attached hydrogens (tertiary/aromatic N) is 5. The van der Waals surface area contributed by atoms with Gasteiger partial charge in [-0.05, 0) is 63.5 Å². The third-order valence-corrected chi connectivity index (χ3v) is 6.60. The van der Waals surface area contributed by atoms with Crippen LogP contribution >= 0.6 is 11.3 Å². The van der Waals surface area contributed by atoms with Gasteiger partial charge in [-0.2, -0.15) is 0 Å². The lowest BCUT2D eigenvalue weighted by molar-refractivity contribution is 0.238. The Kier molecular flexibility index (Phi) is 6.29. The molecule has 9 heteroatoms. The summed E-state index contributed by atoms with van der Waals surface area (Å²) in [7, 11) is 0. The number of aryl methyl sites for hydroxylation is 1. The summed E-state index contributed by atoms with van der Waals surface area (Å²) in [4.78, 5) is 19.3. The van der Waals surface area contributed by atoms with Crippen LogP contribution in [0, 0.1) is 12.7 Å². The monoisotopic (exact) mass is 474 g/mol. The number of nitrogens with one attached hydrogen (secondary N) is 1. The van der Waals surface area contributed by atoms with E-state index in [1.807, 2.05) is 42.6 Å². The molecule has 0 spiro atoms. The summed E-state index contributed by atoms with van der Waals surface area (Å²) in [5, 5.41) is 15.3. The molecule has 5 rings (SSSR count). The van der Waals surface area contributed by atoms with Crippen molar-refractivity contribution in [2.24, 2.45) is 0 Å². The number of pyridine rings is 1. The van der Waals surface area contributed by atoms with E-state index in [-0.39, 0.29) is 11.4 Å². The molecule has 2 aromatic carbocycles. The minimum absolute atomic E-state index is 0.0936. The number of para-hydroxylation sites is 1. The van der Waals surface area contributed by atoms with Gasteiger partial charge in [0, 0.05) is 23.5 Å². The largest absolute Gasteiger partial charge is 0.321 e. The SMILES string of the molecule is Cc1cccc2cc(CN(Cc3cccs3)Cc3nnnn3Cc3ccc(F)cc3)c(=O)[nH]c12. The van der Waals surface area contributed by atoms with Gasteiger partial charge in [0.05, 0.1) is 18.6 Å². The molecule has 1 N–H and O–H groups in total. The highest BCUT2D eigenvalue weighted by atomic mass is 32.1. The summed E-state index contributed by atoms with van der Waals surface area (Å²) in [5.74, 6) is 0.396. The maximum atomic E-state index is 13.3. The summed E-state index contributed by atoms with van der Waals surface area (Å²) in [5.41, 5.74) is 3.40. The Balaban J connectivity index is 1.42. The summed E-state index contributed by atoms with van der Waals surface area (Å²) in [6, 6.07) is 18.3. The Morgan fingerprint density at radius 2 is 1.91 bits per heavy atom. The average molecular weight is 475 g/mol. The molecule has 34 heavy (non-hydrogen) atoms. The Morgan fingerprint density at radius 1 is 1.06 bits per heavy atom. The van der Waals surface area contributed by atoms with Crippen molar-refractivity contribution in [3.05, 3.63) is 110 Å². The molecule has 3 heterocycles. The summed E-state index contributed by atoms with van der Waals surface area (Å²) in [6.45, 7) is 3.98. The fraction of sp³-hybridized carbons (Fsp3) is 0.200. The highest BCUT2D eigenvalue weighted by Gasteiger charge is 2.16. The highest BCUT2D eigenvalue weighted by Crippen LogP contribution is 2.19. The third-order valence-electron chi connectivity index (χ3n) is 5.74. The van der Waals surface area contributed by atoms with Crippen molar-refractivity contribution in [2.45, 2.75) is 33.1 Å². The topological polar surface area (TPSA) is 79.7 Å². The first kappa shape index (κ1) is 22.1. The number of H-pyrrole nitrogens is 1. The van der Waals surface area contributed by atoms with E-state index >= 15 is 0 Å². The van der Waals surface area contributed by atoms with Gasteiger partial charge in [0.15, 0.2) is 5.82 Å². The number of rotatable bonds is 8. The van der Waals surface area contributed by atoms with E-state index in [4.69, 9.17) is 0 Å². The lowest BCUT2D eigenvalue weighted by atomic mass is 10.1. The molecule has 0 aliphatic carbocycles. The normalized spacial score (nSPS) is 11.5. The minimum Gasteiger partial charge on any atom is -0.321 e. The van der Waals surface area contributed by atoms with Gasteiger partial charge in [0.1, 0.15) is 5.82 Å². The predicted molar refractivity (Wildman–Crippen MR) is 130 cm³/mol. The number of thiophene rings is 1.